The van der Waals surface area contributed by atoms with E-state index in [2.05, 4.69) is 5.32 Å². The highest BCUT2D eigenvalue weighted by molar-refractivity contribution is 7.92. The third-order valence-corrected chi connectivity index (χ3v) is 9.09. The topological polar surface area (TPSA) is 86.8 Å². The van der Waals surface area contributed by atoms with Crippen molar-refractivity contribution in [1.82, 2.24) is 10.2 Å². The molecule has 230 valence electrons. The van der Waals surface area contributed by atoms with E-state index in [1.54, 1.807) is 36.4 Å². The van der Waals surface area contributed by atoms with E-state index in [9.17, 15) is 22.4 Å². The Kier molecular flexibility index (Phi) is 11.1. The van der Waals surface area contributed by atoms with Crippen LogP contribution in [-0.4, -0.2) is 44.3 Å². The highest BCUT2D eigenvalue weighted by atomic mass is 35.5. The number of nitrogens with one attached hydrogen (secondary N) is 1. The maximum atomic E-state index is 14.4. The maximum absolute atomic E-state index is 14.4. The summed E-state index contributed by atoms with van der Waals surface area (Å²) in [7, 11) is -4.27. The maximum Gasteiger partial charge on any atom is 0.264 e. The van der Waals surface area contributed by atoms with Crippen molar-refractivity contribution in [2.24, 2.45) is 0 Å². The molecule has 1 N–H and O–H groups in total. The monoisotopic (exact) mass is 635 g/mol. The number of hydrogen-bond acceptors (Lipinski definition) is 4. The summed E-state index contributed by atoms with van der Waals surface area (Å²) in [5.41, 5.74) is 2.47. The Labute approximate surface area is 263 Å². The molecule has 0 bridgehead atoms. The van der Waals surface area contributed by atoms with Crippen LogP contribution in [0.5, 0.6) is 0 Å². The smallest absolute Gasteiger partial charge is 0.264 e. The number of nitrogens with zero attached hydrogens (tertiary/aromatic N) is 2. The van der Waals surface area contributed by atoms with Crippen LogP contribution in [0.4, 0.5) is 10.1 Å². The molecule has 0 radical (unpaired) electrons. The third kappa shape index (κ3) is 8.45. The van der Waals surface area contributed by atoms with Crippen molar-refractivity contribution < 1.29 is 22.4 Å². The van der Waals surface area contributed by atoms with Gasteiger partial charge in [-0.15, -0.1) is 0 Å². The van der Waals surface area contributed by atoms with Crippen LogP contribution in [-0.2, 0) is 32.6 Å². The molecule has 10 heteroatoms. The minimum absolute atomic E-state index is 0.00171. The third-order valence-electron chi connectivity index (χ3n) is 7.06. The average Bonchev–Trinajstić information content (AvgIpc) is 3.01. The minimum Gasteiger partial charge on any atom is -0.354 e. The lowest BCUT2D eigenvalue weighted by Crippen LogP contribution is -2.53. The molecule has 4 aromatic carbocycles. The Bertz CT molecular complexity index is 1670. The summed E-state index contributed by atoms with van der Waals surface area (Å²) < 4.78 is 42.8. The number of halogens is 2. The van der Waals surface area contributed by atoms with Gasteiger partial charge in [0.1, 0.15) is 18.4 Å². The van der Waals surface area contributed by atoms with Crippen molar-refractivity contribution >= 4 is 39.1 Å². The van der Waals surface area contributed by atoms with Crippen molar-refractivity contribution in [2.75, 3.05) is 17.4 Å². The molecule has 4 aromatic rings. The quantitative estimate of drug-likeness (QED) is 0.191. The van der Waals surface area contributed by atoms with Crippen LogP contribution in [0.15, 0.2) is 108 Å². The molecule has 0 aliphatic carbocycles. The molecule has 0 unspecified atom stereocenters. The number of rotatable bonds is 13. The second kappa shape index (κ2) is 15.0. The van der Waals surface area contributed by atoms with Crippen LogP contribution in [0.25, 0.3) is 0 Å². The molecule has 4 rings (SSSR count). The van der Waals surface area contributed by atoms with Gasteiger partial charge in [0.15, 0.2) is 0 Å². The van der Waals surface area contributed by atoms with Crippen LogP contribution in [0.3, 0.4) is 0 Å². The number of sulfonamides is 1. The zero-order valence-electron chi connectivity index (χ0n) is 24.6. The van der Waals surface area contributed by atoms with E-state index in [-0.39, 0.29) is 29.5 Å². The fraction of sp³-hybridized carbons (Fsp3) is 0.235. The van der Waals surface area contributed by atoms with Crippen LogP contribution in [0, 0.1) is 12.7 Å². The summed E-state index contributed by atoms with van der Waals surface area (Å²) in [4.78, 5) is 29.4. The van der Waals surface area contributed by atoms with E-state index in [4.69, 9.17) is 11.6 Å². The van der Waals surface area contributed by atoms with Crippen LogP contribution >= 0.6 is 11.6 Å². The van der Waals surface area contributed by atoms with E-state index >= 15 is 0 Å². The summed E-state index contributed by atoms with van der Waals surface area (Å²) in [6.45, 7) is 3.54. The lowest BCUT2D eigenvalue weighted by molar-refractivity contribution is -0.140. The number of benzene rings is 4. The van der Waals surface area contributed by atoms with Gasteiger partial charge < -0.3 is 10.2 Å². The lowest BCUT2D eigenvalue weighted by atomic mass is 10.0. The minimum atomic E-state index is -4.27. The predicted molar refractivity (Wildman–Crippen MR) is 171 cm³/mol. The molecule has 44 heavy (non-hydrogen) atoms. The SMILES string of the molecule is CCCNC(=O)[C@H](Cc1ccccc1)N(Cc1cccc(Cl)c1)C(=O)CN(c1ccc(F)cc1)S(=O)(=O)c1ccc(C)cc1. The Morgan fingerprint density at radius 1 is 0.886 bits per heavy atom. The molecule has 0 saturated carbocycles. The molecule has 1 atom stereocenters. The molecular formula is C34H35ClFN3O4S. The Morgan fingerprint density at radius 2 is 1.55 bits per heavy atom. The summed E-state index contributed by atoms with van der Waals surface area (Å²) in [6.07, 6.45) is 0.892. The summed E-state index contributed by atoms with van der Waals surface area (Å²) >= 11 is 6.26. The van der Waals surface area contributed by atoms with Gasteiger partial charge in [0.25, 0.3) is 10.0 Å². The number of amides is 2. The van der Waals surface area contributed by atoms with Gasteiger partial charge in [0, 0.05) is 24.5 Å². The van der Waals surface area contributed by atoms with Gasteiger partial charge in [-0.3, -0.25) is 13.9 Å². The Morgan fingerprint density at radius 3 is 2.18 bits per heavy atom. The second-order valence-corrected chi connectivity index (χ2v) is 12.7. The molecule has 0 aliphatic heterocycles. The molecule has 0 aromatic heterocycles. The number of carbonyl (C=O) groups is 2. The van der Waals surface area contributed by atoms with Crippen molar-refractivity contribution in [2.45, 2.75) is 44.2 Å². The number of carbonyl (C=O) groups excluding carboxylic acids is 2. The molecule has 0 spiro atoms. The first-order valence-electron chi connectivity index (χ1n) is 14.3. The van der Waals surface area contributed by atoms with Gasteiger partial charge in [-0.25, -0.2) is 12.8 Å². The Hall–Kier alpha value is -4.21. The van der Waals surface area contributed by atoms with Gasteiger partial charge in [-0.2, -0.15) is 0 Å². The molecule has 0 heterocycles. The summed E-state index contributed by atoms with van der Waals surface area (Å²) in [6, 6.07) is 26.4. The highest BCUT2D eigenvalue weighted by Crippen LogP contribution is 2.26. The number of anilines is 1. The van der Waals surface area contributed by atoms with E-state index in [1.807, 2.05) is 44.2 Å². The fourth-order valence-corrected chi connectivity index (χ4v) is 6.35. The molecular weight excluding hydrogens is 601 g/mol. The average molecular weight is 636 g/mol. The first-order valence-corrected chi connectivity index (χ1v) is 16.1. The van der Waals surface area contributed by atoms with Gasteiger partial charge in [0.05, 0.1) is 10.6 Å². The van der Waals surface area contributed by atoms with E-state index in [0.29, 0.717) is 23.6 Å². The van der Waals surface area contributed by atoms with Crippen LogP contribution < -0.4 is 9.62 Å². The molecule has 2 amide bonds. The standard InChI is InChI=1S/C34H35ClFN3O4S/c1-3-20-37-34(41)32(22-26-8-5-4-6-9-26)38(23-27-10-7-11-28(35)21-27)33(40)24-39(30-16-14-29(36)15-17-30)44(42,43)31-18-12-25(2)13-19-31/h4-19,21,32H,3,20,22-24H2,1-2H3,(H,37,41)/t32-/m0/s1. The Balaban J connectivity index is 1.79. The number of aryl methyl sites for hydroxylation is 1. The summed E-state index contributed by atoms with van der Waals surface area (Å²) in [5.74, 6) is -1.52. The lowest BCUT2D eigenvalue weighted by Gasteiger charge is -2.34. The van der Waals surface area contributed by atoms with Gasteiger partial charge in [0.2, 0.25) is 11.8 Å². The van der Waals surface area contributed by atoms with Crippen LogP contribution in [0.1, 0.15) is 30.0 Å². The van der Waals surface area contributed by atoms with E-state index in [0.717, 1.165) is 27.6 Å². The van der Waals surface area contributed by atoms with Crippen LogP contribution in [0.2, 0.25) is 5.02 Å². The molecule has 7 nitrogen and oxygen atoms in total. The second-order valence-electron chi connectivity index (χ2n) is 10.4. The van der Waals surface area contributed by atoms with E-state index < -0.39 is 34.3 Å². The van der Waals surface area contributed by atoms with Gasteiger partial charge >= 0.3 is 0 Å². The zero-order valence-corrected chi connectivity index (χ0v) is 26.2. The van der Waals surface area contributed by atoms with Crippen molar-refractivity contribution in [3.05, 3.63) is 131 Å². The first kappa shape index (κ1) is 32.7. The normalized spacial score (nSPS) is 11.9. The van der Waals surface area contributed by atoms with Crippen molar-refractivity contribution in [1.29, 1.82) is 0 Å². The fourth-order valence-electron chi connectivity index (χ4n) is 4.73. The van der Waals surface area contributed by atoms with Gasteiger partial charge in [-0.1, -0.05) is 78.7 Å². The number of hydrogen-bond donors (Lipinski definition) is 1. The van der Waals surface area contributed by atoms with E-state index in [1.165, 1.54) is 29.2 Å². The molecule has 0 saturated heterocycles. The van der Waals surface area contributed by atoms with Crippen molar-refractivity contribution in [3.8, 4) is 0 Å². The largest absolute Gasteiger partial charge is 0.354 e. The molecule has 0 fully saturated rings. The first-order chi connectivity index (χ1) is 21.1. The molecule has 0 aliphatic rings. The summed E-state index contributed by atoms with van der Waals surface area (Å²) in [5, 5.41) is 3.36. The highest BCUT2D eigenvalue weighted by Gasteiger charge is 2.34. The predicted octanol–water partition coefficient (Wildman–Crippen LogP) is 6.15. The van der Waals surface area contributed by atoms with Crippen molar-refractivity contribution in [3.63, 3.8) is 0 Å². The van der Waals surface area contributed by atoms with Gasteiger partial charge in [-0.05, 0) is 73.0 Å². The zero-order chi connectivity index (χ0) is 31.7.